The van der Waals surface area contributed by atoms with E-state index in [0.29, 0.717) is 17.3 Å². The topological polar surface area (TPSA) is 68.0 Å². The second-order valence-corrected chi connectivity index (χ2v) is 6.20. The third kappa shape index (κ3) is 3.35. The number of hydrogen-bond donors (Lipinski definition) is 1. The van der Waals surface area contributed by atoms with Crippen LogP contribution in [0.2, 0.25) is 5.02 Å². The van der Waals surface area contributed by atoms with Gasteiger partial charge in [0.2, 0.25) is 0 Å². The van der Waals surface area contributed by atoms with E-state index in [4.69, 9.17) is 16.1 Å². The summed E-state index contributed by atoms with van der Waals surface area (Å²) in [5, 5.41) is 7.62. The van der Waals surface area contributed by atoms with Crippen molar-refractivity contribution in [2.24, 2.45) is 0 Å². The Morgan fingerprint density at radius 3 is 2.95 bits per heavy atom. The lowest BCUT2D eigenvalue weighted by Crippen LogP contribution is -2.11. The summed E-state index contributed by atoms with van der Waals surface area (Å²) in [5.41, 5.74) is 1.26. The molecule has 2 heterocycles. The average molecular weight is 334 g/mol. The molecule has 3 rings (SSSR count). The minimum absolute atomic E-state index is 0.236. The Morgan fingerprint density at radius 1 is 1.41 bits per heavy atom. The van der Waals surface area contributed by atoms with Gasteiger partial charge in [0.1, 0.15) is 5.76 Å². The fourth-order valence-corrected chi connectivity index (χ4v) is 2.94. The zero-order valence-corrected chi connectivity index (χ0v) is 13.2. The van der Waals surface area contributed by atoms with Crippen molar-refractivity contribution >= 4 is 34.0 Å². The zero-order chi connectivity index (χ0) is 15.5. The number of nitrogens with one attached hydrogen (secondary N) is 1. The number of aryl methyl sites for hydroxylation is 1. The lowest BCUT2D eigenvalue weighted by atomic mass is 10.1. The van der Waals surface area contributed by atoms with Gasteiger partial charge in [-0.2, -0.15) is 0 Å². The van der Waals surface area contributed by atoms with E-state index in [2.05, 4.69) is 15.5 Å². The molecule has 0 radical (unpaired) electrons. The molecule has 22 heavy (non-hydrogen) atoms. The van der Waals surface area contributed by atoms with Crippen molar-refractivity contribution in [2.75, 3.05) is 5.32 Å². The maximum absolute atomic E-state index is 12.0. The third-order valence-corrected chi connectivity index (χ3v) is 4.24. The van der Waals surface area contributed by atoms with Crippen LogP contribution in [0.15, 0.2) is 41.1 Å². The van der Waals surface area contributed by atoms with Gasteiger partial charge in [0.05, 0.1) is 0 Å². The summed E-state index contributed by atoms with van der Waals surface area (Å²) in [6.45, 7) is 1.73. The van der Waals surface area contributed by atoms with E-state index in [1.165, 1.54) is 11.3 Å². The lowest BCUT2D eigenvalue weighted by Gasteiger charge is -2.00. The van der Waals surface area contributed by atoms with Gasteiger partial charge in [-0.25, -0.2) is 4.98 Å². The first-order chi connectivity index (χ1) is 10.6. The highest BCUT2D eigenvalue weighted by atomic mass is 35.5. The number of amides is 1. The monoisotopic (exact) mass is 333 g/mol. The van der Waals surface area contributed by atoms with E-state index in [0.717, 1.165) is 15.5 Å². The number of nitrogens with zero attached hydrogens (tertiary/aromatic N) is 2. The van der Waals surface area contributed by atoms with Crippen LogP contribution in [-0.4, -0.2) is 16.0 Å². The predicted molar refractivity (Wildman–Crippen MR) is 85.6 cm³/mol. The smallest absolute Gasteiger partial charge is 0.279 e. The second kappa shape index (κ2) is 6.29. The van der Waals surface area contributed by atoms with Gasteiger partial charge in [-0.05, 0) is 18.6 Å². The second-order valence-electron chi connectivity index (χ2n) is 4.68. The molecule has 1 amide bonds. The highest BCUT2D eigenvalue weighted by molar-refractivity contribution is 7.15. The van der Waals surface area contributed by atoms with E-state index in [1.54, 1.807) is 19.2 Å². The maximum atomic E-state index is 12.0. The number of anilines is 1. The molecule has 112 valence electrons. The Hall–Kier alpha value is -2.18. The quantitative estimate of drug-likeness (QED) is 0.785. The average Bonchev–Trinajstić information content (AvgIpc) is 3.11. The molecule has 5 nitrogen and oxygen atoms in total. The minimum Gasteiger partial charge on any atom is -0.361 e. The van der Waals surface area contributed by atoms with Crippen molar-refractivity contribution in [1.82, 2.24) is 10.1 Å². The molecule has 3 aromatic rings. The molecule has 0 fully saturated rings. The van der Waals surface area contributed by atoms with Crippen molar-refractivity contribution in [2.45, 2.75) is 13.3 Å². The first kappa shape index (κ1) is 14.7. The Morgan fingerprint density at radius 2 is 2.23 bits per heavy atom. The van der Waals surface area contributed by atoms with Crippen LogP contribution in [0.3, 0.4) is 0 Å². The summed E-state index contributed by atoms with van der Waals surface area (Å²) in [6, 6.07) is 9.24. The van der Waals surface area contributed by atoms with Gasteiger partial charge >= 0.3 is 0 Å². The number of halogens is 1. The van der Waals surface area contributed by atoms with Gasteiger partial charge in [0.25, 0.3) is 5.91 Å². The van der Waals surface area contributed by atoms with Crippen LogP contribution >= 0.6 is 22.9 Å². The number of carbonyl (C=O) groups is 1. The molecule has 0 aliphatic carbocycles. The number of thiazole rings is 1. The van der Waals surface area contributed by atoms with Gasteiger partial charge in [-0.1, -0.05) is 35.0 Å². The minimum atomic E-state index is -0.338. The Labute approximate surface area is 135 Å². The highest BCUT2D eigenvalue weighted by Crippen LogP contribution is 2.24. The molecule has 0 bridgehead atoms. The number of rotatable bonds is 4. The first-order valence-corrected chi connectivity index (χ1v) is 7.74. The fraction of sp³-hybridized carbons (Fsp3) is 0.133. The summed E-state index contributed by atoms with van der Waals surface area (Å²) in [4.78, 5) is 17.2. The maximum Gasteiger partial charge on any atom is 0.279 e. The van der Waals surface area contributed by atoms with Crippen LogP contribution in [0, 0.1) is 6.92 Å². The standard InChI is InChI=1S/C15H12ClN3O2S/c1-9-6-13(19-21-9)14(20)18-15-17-8-11(22-15)7-10-4-2-3-5-12(10)16/h2-6,8H,7H2,1H3,(H,17,18,20). The molecule has 7 heteroatoms. The van der Waals surface area contributed by atoms with E-state index >= 15 is 0 Å². The van der Waals surface area contributed by atoms with Crippen LogP contribution in [0.1, 0.15) is 26.7 Å². The van der Waals surface area contributed by atoms with Crippen molar-refractivity contribution in [3.05, 3.63) is 63.4 Å². The van der Waals surface area contributed by atoms with Crippen LogP contribution in [0.4, 0.5) is 5.13 Å². The van der Waals surface area contributed by atoms with E-state index in [9.17, 15) is 4.79 Å². The van der Waals surface area contributed by atoms with Gasteiger partial charge in [-0.15, -0.1) is 11.3 Å². The van der Waals surface area contributed by atoms with E-state index < -0.39 is 0 Å². The SMILES string of the molecule is Cc1cc(C(=O)Nc2ncc(Cc3ccccc3Cl)s2)no1. The first-order valence-electron chi connectivity index (χ1n) is 6.54. The molecule has 0 aliphatic rings. The summed E-state index contributed by atoms with van der Waals surface area (Å²) in [6.07, 6.45) is 2.41. The Balaban J connectivity index is 1.69. The number of carbonyl (C=O) groups excluding carboxylic acids is 1. The van der Waals surface area contributed by atoms with Crippen molar-refractivity contribution in [3.63, 3.8) is 0 Å². The predicted octanol–water partition coefficient (Wildman–Crippen LogP) is 3.94. The molecule has 0 unspecified atom stereocenters. The molecular formula is C15H12ClN3O2S. The van der Waals surface area contributed by atoms with Gasteiger partial charge < -0.3 is 4.52 Å². The summed E-state index contributed by atoms with van der Waals surface area (Å²) >= 11 is 7.55. The van der Waals surface area contributed by atoms with Crippen LogP contribution in [-0.2, 0) is 6.42 Å². The van der Waals surface area contributed by atoms with Gasteiger partial charge in [0.15, 0.2) is 10.8 Å². The van der Waals surface area contributed by atoms with Crippen LogP contribution in [0.25, 0.3) is 0 Å². The highest BCUT2D eigenvalue weighted by Gasteiger charge is 2.13. The molecule has 1 aromatic carbocycles. The molecule has 0 atom stereocenters. The van der Waals surface area contributed by atoms with Crippen LogP contribution < -0.4 is 5.32 Å². The molecule has 0 spiro atoms. The fourth-order valence-electron chi connectivity index (χ4n) is 1.91. The zero-order valence-electron chi connectivity index (χ0n) is 11.7. The number of benzene rings is 1. The molecule has 2 aromatic heterocycles. The lowest BCUT2D eigenvalue weighted by molar-refractivity contribution is 0.101. The van der Waals surface area contributed by atoms with Gasteiger partial charge in [-0.3, -0.25) is 10.1 Å². The molecule has 0 saturated carbocycles. The Bertz CT molecular complexity index is 812. The molecule has 1 N–H and O–H groups in total. The summed E-state index contributed by atoms with van der Waals surface area (Å²) in [7, 11) is 0. The van der Waals surface area contributed by atoms with Crippen LogP contribution in [0.5, 0.6) is 0 Å². The van der Waals surface area contributed by atoms with Crippen molar-refractivity contribution in [3.8, 4) is 0 Å². The van der Waals surface area contributed by atoms with Crippen molar-refractivity contribution < 1.29 is 9.32 Å². The summed E-state index contributed by atoms with van der Waals surface area (Å²) < 4.78 is 4.88. The molecule has 0 aliphatic heterocycles. The summed E-state index contributed by atoms with van der Waals surface area (Å²) in [5.74, 6) is 0.249. The largest absolute Gasteiger partial charge is 0.361 e. The van der Waals surface area contributed by atoms with Gasteiger partial charge in [0, 0.05) is 28.6 Å². The molecule has 0 saturated heterocycles. The van der Waals surface area contributed by atoms with E-state index in [-0.39, 0.29) is 11.6 Å². The normalized spacial score (nSPS) is 10.6. The number of aromatic nitrogens is 2. The molecular weight excluding hydrogens is 322 g/mol. The number of hydrogen-bond acceptors (Lipinski definition) is 5. The van der Waals surface area contributed by atoms with Crippen molar-refractivity contribution in [1.29, 1.82) is 0 Å². The third-order valence-electron chi connectivity index (χ3n) is 2.96. The Kier molecular flexibility index (Phi) is 4.22. The van der Waals surface area contributed by atoms with E-state index in [1.807, 2.05) is 24.3 Å².